The molecule has 1 fully saturated rings. The summed E-state index contributed by atoms with van der Waals surface area (Å²) in [5.41, 5.74) is 6.23. The Morgan fingerprint density at radius 3 is 2.89 bits per heavy atom. The molecule has 0 saturated heterocycles. The SMILES string of the molecule is CC1CCC(Oc2cncc(C#CCN)c2)CC1C. The summed E-state index contributed by atoms with van der Waals surface area (Å²) in [5.74, 6) is 8.16. The van der Waals surface area contributed by atoms with Crippen LogP contribution in [-0.4, -0.2) is 17.6 Å². The molecular weight excluding hydrogens is 236 g/mol. The number of hydrogen-bond donors (Lipinski definition) is 1. The summed E-state index contributed by atoms with van der Waals surface area (Å²) < 4.78 is 6.03. The van der Waals surface area contributed by atoms with Crippen molar-refractivity contribution in [3.63, 3.8) is 0 Å². The lowest BCUT2D eigenvalue weighted by molar-refractivity contribution is 0.100. The third-order valence-electron chi connectivity index (χ3n) is 3.90. The summed E-state index contributed by atoms with van der Waals surface area (Å²) in [7, 11) is 0. The second-order valence-electron chi connectivity index (χ2n) is 5.42. The van der Waals surface area contributed by atoms with Gasteiger partial charge >= 0.3 is 0 Å². The number of pyridine rings is 1. The van der Waals surface area contributed by atoms with Gasteiger partial charge in [-0.3, -0.25) is 4.98 Å². The molecule has 0 aliphatic heterocycles. The van der Waals surface area contributed by atoms with Crippen LogP contribution in [-0.2, 0) is 0 Å². The van der Waals surface area contributed by atoms with Gasteiger partial charge in [0.25, 0.3) is 0 Å². The van der Waals surface area contributed by atoms with Crippen LogP contribution in [0.2, 0.25) is 0 Å². The van der Waals surface area contributed by atoms with Crippen LogP contribution in [0.15, 0.2) is 18.5 Å². The van der Waals surface area contributed by atoms with Gasteiger partial charge in [0.05, 0.1) is 18.8 Å². The Bertz CT molecular complexity index is 475. The van der Waals surface area contributed by atoms with Crippen LogP contribution in [0.4, 0.5) is 0 Å². The van der Waals surface area contributed by atoms with Gasteiger partial charge < -0.3 is 10.5 Å². The molecular formula is C16H22N2O. The van der Waals surface area contributed by atoms with Crippen molar-refractivity contribution in [1.82, 2.24) is 4.98 Å². The van der Waals surface area contributed by atoms with E-state index in [2.05, 4.69) is 30.7 Å². The summed E-state index contributed by atoms with van der Waals surface area (Å²) in [6.07, 6.45) is 7.30. The minimum Gasteiger partial charge on any atom is -0.489 e. The molecule has 3 unspecified atom stereocenters. The first-order valence-corrected chi connectivity index (χ1v) is 6.99. The Labute approximate surface area is 115 Å². The molecule has 0 amide bonds. The highest BCUT2D eigenvalue weighted by atomic mass is 16.5. The number of nitrogens with zero attached hydrogens (tertiary/aromatic N) is 1. The number of hydrogen-bond acceptors (Lipinski definition) is 3. The molecule has 0 spiro atoms. The van der Waals surface area contributed by atoms with Crippen LogP contribution >= 0.6 is 0 Å². The third kappa shape index (κ3) is 3.97. The van der Waals surface area contributed by atoms with Gasteiger partial charge in [0.1, 0.15) is 5.75 Å². The fraction of sp³-hybridized carbons (Fsp3) is 0.562. The Hall–Kier alpha value is -1.53. The molecule has 0 bridgehead atoms. The minimum atomic E-state index is 0.311. The van der Waals surface area contributed by atoms with E-state index in [9.17, 15) is 0 Å². The van der Waals surface area contributed by atoms with E-state index in [4.69, 9.17) is 10.5 Å². The Morgan fingerprint density at radius 1 is 1.32 bits per heavy atom. The van der Waals surface area contributed by atoms with Gasteiger partial charge in [0, 0.05) is 11.8 Å². The first-order valence-electron chi connectivity index (χ1n) is 6.99. The maximum Gasteiger partial charge on any atom is 0.139 e. The van der Waals surface area contributed by atoms with Crippen molar-refractivity contribution < 1.29 is 4.74 Å². The lowest BCUT2D eigenvalue weighted by Crippen LogP contribution is -2.28. The Morgan fingerprint density at radius 2 is 2.16 bits per heavy atom. The van der Waals surface area contributed by atoms with E-state index in [1.807, 2.05) is 6.07 Å². The van der Waals surface area contributed by atoms with Gasteiger partial charge in [-0.15, -0.1) is 0 Å². The van der Waals surface area contributed by atoms with Gasteiger partial charge in [-0.1, -0.05) is 25.7 Å². The van der Waals surface area contributed by atoms with Gasteiger partial charge in [-0.05, 0) is 37.2 Å². The van der Waals surface area contributed by atoms with Crippen LogP contribution in [0, 0.1) is 23.7 Å². The van der Waals surface area contributed by atoms with Gasteiger partial charge in [-0.2, -0.15) is 0 Å². The predicted octanol–water partition coefficient (Wildman–Crippen LogP) is 2.60. The van der Waals surface area contributed by atoms with E-state index in [0.717, 1.165) is 36.0 Å². The Kier molecular flexibility index (Phi) is 4.81. The maximum atomic E-state index is 6.03. The number of ether oxygens (including phenoxy) is 1. The molecule has 1 heterocycles. The Balaban J connectivity index is 1.99. The monoisotopic (exact) mass is 258 g/mol. The number of rotatable bonds is 2. The summed E-state index contributed by atoms with van der Waals surface area (Å²) in [6.45, 7) is 5.00. The van der Waals surface area contributed by atoms with Gasteiger partial charge in [-0.25, -0.2) is 0 Å². The van der Waals surface area contributed by atoms with E-state index >= 15 is 0 Å². The van der Waals surface area contributed by atoms with Crippen LogP contribution in [0.5, 0.6) is 5.75 Å². The highest BCUT2D eigenvalue weighted by Gasteiger charge is 2.25. The normalized spacial score (nSPS) is 26.4. The quantitative estimate of drug-likeness (QED) is 0.829. The van der Waals surface area contributed by atoms with E-state index < -0.39 is 0 Å². The van der Waals surface area contributed by atoms with E-state index in [1.54, 1.807) is 12.4 Å². The lowest BCUT2D eigenvalue weighted by atomic mass is 9.80. The fourth-order valence-electron chi connectivity index (χ4n) is 2.50. The number of nitrogens with two attached hydrogens (primary N) is 1. The smallest absolute Gasteiger partial charge is 0.139 e. The van der Waals surface area contributed by atoms with Crippen molar-refractivity contribution in [3.05, 3.63) is 24.0 Å². The summed E-state index contributed by atoms with van der Waals surface area (Å²) in [4.78, 5) is 4.17. The highest BCUT2D eigenvalue weighted by molar-refractivity contribution is 5.36. The molecule has 102 valence electrons. The predicted molar refractivity (Wildman–Crippen MR) is 76.8 cm³/mol. The molecule has 2 rings (SSSR count). The molecule has 2 N–H and O–H groups in total. The van der Waals surface area contributed by atoms with E-state index in [0.29, 0.717) is 12.6 Å². The van der Waals surface area contributed by atoms with E-state index in [1.165, 1.54) is 6.42 Å². The topological polar surface area (TPSA) is 48.1 Å². The molecule has 3 nitrogen and oxygen atoms in total. The zero-order chi connectivity index (χ0) is 13.7. The first kappa shape index (κ1) is 13.9. The first-order chi connectivity index (χ1) is 9.19. The second kappa shape index (κ2) is 6.58. The van der Waals surface area contributed by atoms with Crippen molar-refractivity contribution in [2.45, 2.75) is 39.2 Å². The fourth-order valence-corrected chi connectivity index (χ4v) is 2.50. The summed E-state index contributed by atoms with van der Waals surface area (Å²) in [5, 5.41) is 0. The average molecular weight is 258 g/mol. The van der Waals surface area contributed by atoms with Gasteiger partial charge in [0.15, 0.2) is 0 Å². The van der Waals surface area contributed by atoms with Crippen molar-refractivity contribution in [1.29, 1.82) is 0 Å². The molecule has 0 radical (unpaired) electrons. The van der Waals surface area contributed by atoms with E-state index in [-0.39, 0.29) is 0 Å². The molecule has 3 heteroatoms. The summed E-state index contributed by atoms with van der Waals surface area (Å²) in [6, 6.07) is 1.94. The zero-order valence-electron chi connectivity index (χ0n) is 11.7. The van der Waals surface area contributed by atoms with Gasteiger partial charge in [0.2, 0.25) is 0 Å². The third-order valence-corrected chi connectivity index (χ3v) is 3.90. The zero-order valence-corrected chi connectivity index (χ0v) is 11.7. The van der Waals surface area contributed by atoms with Crippen LogP contribution in [0.25, 0.3) is 0 Å². The standard InChI is InChI=1S/C16H22N2O/c1-12-5-6-15(8-13(12)2)19-16-9-14(4-3-7-17)10-18-11-16/h9-13,15H,5-8,17H2,1-2H3. The molecule has 3 atom stereocenters. The van der Waals surface area contributed by atoms with Crippen LogP contribution in [0.3, 0.4) is 0 Å². The molecule has 1 aliphatic carbocycles. The lowest BCUT2D eigenvalue weighted by Gasteiger charge is -2.32. The summed E-state index contributed by atoms with van der Waals surface area (Å²) >= 11 is 0. The number of aromatic nitrogens is 1. The molecule has 1 aliphatic rings. The molecule has 1 aromatic heterocycles. The molecule has 1 aromatic rings. The van der Waals surface area contributed by atoms with Crippen molar-refractivity contribution >= 4 is 0 Å². The van der Waals surface area contributed by atoms with Crippen molar-refractivity contribution in [2.24, 2.45) is 17.6 Å². The van der Waals surface area contributed by atoms with Crippen LogP contribution in [0.1, 0.15) is 38.7 Å². The molecule has 19 heavy (non-hydrogen) atoms. The maximum absolute atomic E-state index is 6.03. The van der Waals surface area contributed by atoms with Crippen molar-refractivity contribution in [3.8, 4) is 17.6 Å². The minimum absolute atomic E-state index is 0.311. The molecule has 1 saturated carbocycles. The average Bonchev–Trinajstić information content (AvgIpc) is 2.41. The largest absolute Gasteiger partial charge is 0.489 e. The second-order valence-corrected chi connectivity index (χ2v) is 5.42. The molecule has 0 aromatic carbocycles. The van der Waals surface area contributed by atoms with Crippen molar-refractivity contribution in [2.75, 3.05) is 6.54 Å². The van der Waals surface area contributed by atoms with Crippen LogP contribution < -0.4 is 10.5 Å². The highest BCUT2D eigenvalue weighted by Crippen LogP contribution is 2.31.